The first-order chi connectivity index (χ1) is 7.67. The second-order valence-corrected chi connectivity index (χ2v) is 4.39. The molecule has 0 fully saturated rings. The fourth-order valence-corrected chi connectivity index (χ4v) is 2.04. The van der Waals surface area contributed by atoms with Crippen molar-refractivity contribution in [3.05, 3.63) is 34.2 Å². The first kappa shape index (κ1) is 12.8. The first-order valence-electron chi connectivity index (χ1n) is 5.16. The summed E-state index contributed by atoms with van der Waals surface area (Å²) < 4.78 is 0. The lowest BCUT2D eigenvalue weighted by Crippen LogP contribution is -2.36. The van der Waals surface area contributed by atoms with E-state index in [-0.39, 0.29) is 17.5 Å². The molecule has 1 atom stereocenters. The second kappa shape index (κ2) is 6.37. The maximum atomic E-state index is 11.8. The minimum Gasteiger partial charge on any atom is -0.348 e. The molecular formula is C11H16N2O2S. The van der Waals surface area contributed by atoms with Gasteiger partial charge in [-0.15, -0.1) is 0 Å². The summed E-state index contributed by atoms with van der Waals surface area (Å²) in [6.07, 6.45) is 4.37. The highest BCUT2D eigenvalue weighted by Crippen LogP contribution is 2.02. The number of aromatic nitrogens is 1. The van der Waals surface area contributed by atoms with Crippen molar-refractivity contribution >= 4 is 17.7 Å². The molecule has 16 heavy (non-hydrogen) atoms. The minimum atomic E-state index is -0.259. The van der Waals surface area contributed by atoms with Crippen LogP contribution in [0.5, 0.6) is 0 Å². The number of rotatable bonds is 5. The highest BCUT2D eigenvalue weighted by atomic mass is 32.2. The third-order valence-corrected chi connectivity index (χ3v) is 2.97. The summed E-state index contributed by atoms with van der Waals surface area (Å²) in [5, 5.41) is 2.90. The molecule has 0 aromatic carbocycles. The van der Waals surface area contributed by atoms with Crippen LogP contribution in [-0.2, 0) is 0 Å². The topological polar surface area (TPSA) is 62.0 Å². The van der Waals surface area contributed by atoms with Crippen molar-refractivity contribution in [1.29, 1.82) is 0 Å². The summed E-state index contributed by atoms with van der Waals surface area (Å²) in [6, 6.07) is 3.06. The van der Waals surface area contributed by atoms with E-state index in [1.807, 2.05) is 13.2 Å². The zero-order valence-corrected chi connectivity index (χ0v) is 10.3. The van der Waals surface area contributed by atoms with Crippen molar-refractivity contribution in [2.45, 2.75) is 19.4 Å². The number of carbonyl (C=O) groups is 1. The lowest BCUT2D eigenvalue weighted by molar-refractivity contribution is 0.0940. The van der Waals surface area contributed by atoms with E-state index in [9.17, 15) is 9.59 Å². The number of aromatic amines is 1. The van der Waals surface area contributed by atoms with Crippen LogP contribution >= 0.6 is 11.8 Å². The number of hydrogen-bond donors (Lipinski definition) is 2. The average molecular weight is 240 g/mol. The monoisotopic (exact) mass is 240 g/mol. The Kier molecular flexibility index (Phi) is 5.11. The Morgan fingerprint density at radius 2 is 2.38 bits per heavy atom. The van der Waals surface area contributed by atoms with Crippen LogP contribution in [0.25, 0.3) is 0 Å². The SMILES string of the molecule is CCC(CSC)NC(=O)c1cc[nH]c(=O)c1. The maximum absolute atomic E-state index is 11.8. The molecule has 1 aromatic rings. The fraction of sp³-hybridized carbons (Fsp3) is 0.455. The Morgan fingerprint density at radius 3 is 2.94 bits per heavy atom. The van der Waals surface area contributed by atoms with Gasteiger partial charge in [-0.1, -0.05) is 6.92 Å². The van der Waals surface area contributed by atoms with Crippen LogP contribution in [0.1, 0.15) is 23.7 Å². The number of pyridine rings is 1. The van der Waals surface area contributed by atoms with E-state index < -0.39 is 0 Å². The van der Waals surface area contributed by atoms with Crippen molar-refractivity contribution in [3.63, 3.8) is 0 Å². The largest absolute Gasteiger partial charge is 0.348 e. The minimum absolute atomic E-state index is 0.154. The number of nitrogens with one attached hydrogen (secondary N) is 2. The number of thioether (sulfide) groups is 1. The Morgan fingerprint density at radius 1 is 1.62 bits per heavy atom. The van der Waals surface area contributed by atoms with Crippen LogP contribution in [-0.4, -0.2) is 28.9 Å². The van der Waals surface area contributed by atoms with Gasteiger partial charge < -0.3 is 10.3 Å². The molecule has 4 nitrogen and oxygen atoms in total. The van der Waals surface area contributed by atoms with Gasteiger partial charge in [-0.3, -0.25) is 9.59 Å². The summed E-state index contributed by atoms with van der Waals surface area (Å²) in [5.74, 6) is 0.692. The molecule has 0 aliphatic heterocycles. The van der Waals surface area contributed by atoms with Gasteiger partial charge in [0.15, 0.2) is 0 Å². The molecule has 1 rings (SSSR count). The van der Waals surface area contributed by atoms with E-state index in [0.29, 0.717) is 5.56 Å². The van der Waals surface area contributed by atoms with E-state index in [2.05, 4.69) is 10.3 Å². The van der Waals surface area contributed by atoms with E-state index in [1.54, 1.807) is 17.8 Å². The molecule has 0 radical (unpaired) electrons. The van der Waals surface area contributed by atoms with Crippen LogP contribution < -0.4 is 10.9 Å². The Labute approximate surface area is 98.8 Å². The van der Waals surface area contributed by atoms with Crippen LogP contribution in [0, 0.1) is 0 Å². The molecule has 2 N–H and O–H groups in total. The van der Waals surface area contributed by atoms with Crippen molar-refractivity contribution in [3.8, 4) is 0 Å². The Bertz CT molecular complexity index is 403. The molecule has 5 heteroatoms. The molecule has 1 heterocycles. The van der Waals surface area contributed by atoms with Gasteiger partial charge in [-0.2, -0.15) is 11.8 Å². The highest BCUT2D eigenvalue weighted by Gasteiger charge is 2.11. The summed E-state index contributed by atoms with van der Waals surface area (Å²) in [4.78, 5) is 25.3. The van der Waals surface area contributed by atoms with Crippen molar-refractivity contribution in [1.82, 2.24) is 10.3 Å². The van der Waals surface area contributed by atoms with E-state index in [1.165, 1.54) is 12.3 Å². The van der Waals surface area contributed by atoms with Gasteiger partial charge >= 0.3 is 0 Å². The molecule has 0 saturated carbocycles. The molecule has 0 saturated heterocycles. The smallest absolute Gasteiger partial charge is 0.251 e. The van der Waals surface area contributed by atoms with Gasteiger partial charge in [-0.05, 0) is 18.7 Å². The molecule has 0 aliphatic rings. The van der Waals surface area contributed by atoms with Crippen LogP contribution in [0.3, 0.4) is 0 Å². The molecule has 0 spiro atoms. The zero-order valence-electron chi connectivity index (χ0n) is 9.45. The van der Waals surface area contributed by atoms with Gasteiger partial charge in [0.25, 0.3) is 5.91 Å². The van der Waals surface area contributed by atoms with Crippen molar-refractivity contribution in [2.24, 2.45) is 0 Å². The number of amides is 1. The molecular weight excluding hydrogens is 224 g/mol. The lowest BCUT2D eigenvalue weighted by atomic mass is 10.2. The normalized spacial score (nSPS) is 12.1. The third-order valence-electron chi connectivity index (χ3n) is 2.23. The molecule has 1 unspecified atom stereocenters. The standard InChI is InChI=1S/C11H16N2O2S/c1-3-9(7-16-2)13-11(15)8-4-5-12-10(14)6-8/h4-6,9H,3,7H2,1-2H3,(H,12,14)(H,13,15). The second-order valence-electron chi connectivity index (χ2n) is 3.48. The summed E-state index contributed by atoms with van der Waals surface area (Å²) in [5.41, 5.74) is 0.147. The van der Waals surface area contributed by atoms with Gasteiger partial charge in [0, 0.05) is 29.6 Å². The number of hydrogen-bond acceptors (Lipinski definition) is 3. The summed E-state index contributed by atoms with van der Waals surface area (Å²) >= 11 is 1.69. The third kappa shape index (κ3) is 3.73. The number of H-pyrrole nitrogens is 1. The highest BCUT2D eigenvalue weighted by molar-refractivity contribution is 7.98. The number of carbonyl (C=O) groups excluding carboxylic acids is 1. The molecule has 88 valence electrons. The summed E-state index contributed by atoms with van der Waals surface area (Å²) in [6.45, 7) is 2.03. The summed E-state index contributed by atoms with van der Waals surface area (Å²) in [7, 11) is 0. The van der Waals surface area contributed by atoms with Crippen LogP contribution in [0.2, 0.25) is 0 Å². The Hall–Kier alpha value is -1.23. The zero-order chi connectivity index (χ0) is 12.0. The van der Waals surface area contributed by atoms with E-state index in [0.717, 1.165) is 12.2 Å². The van der Waals surface area contributed by atoms with Gasteiger partial charge in [-0.25, -0.2) is 0 Å². The Balaban J connectivity index is 2.67. The van der Waals surface area contributed by atoms with E-state index in [4.69, 9.17) is 0 Å². The molecule has 1 aromatic heterocycles. The van der Waals surface area contributed by atoms with Crippen LogP contribution in [0.15, 0.2) is 23.1 Å². The van der Waals surface area contributed by atoms with Crippen molar-refractivity contribution in [2.75, 3.05) is 12.0 Å². The first-order valence-corrected chi connectivity index (χ1v) is 6.55. The van der Waals surface area contributed by atoms with Gasteiger partial charge in [0.05, 0.1) is 0 Å². The van der Waals surface area contributed by atoms with Gasteiger partial charge in [0.1, 0.15) is 0 Å². The predicted molar refractivity (Wildman–Crippen MR) is 67.0 cm³/mol. The lowest BCUT2D eigenvalue weighted by Gasteiger charge is -2.15. The fourth-order valence-electron chi connectivity index (χ4n) is 1.32. The van der Waals surface area contributed by atoms with Gasteiger partial charge in [0.2, 0.25) is 5.56 Å². The van der Waals surface area contributed by atoms with E-state index >= 15 is 0 Å². The van der Waals surface area contributed by atoms with Crippen LogP contribution in [0.4, 0.5) is 0 Å². The quantitative estimate of drug-likeness (QED) is 0.814. The maximum Gasteiger partial charge on any atom is 0.251 e. The molecule has 0 bridgehead atoms. The van der Waals surface area contributed by atoms with Crippen molar-refractivity contribution < 1.29 is 4.79 Å². The molecule has 0 aliphatic carbocycles. The molecule has 1 amide bonds. The predicted octanol–water partition coefficient (Wildman–Crippen LogP) is 1.25. The average Bonchev–Trinajstić information content (AvgIpc) is 2.28.